The molecule has 43 heavy (non-hydrogen) atoms. The number of hydrogen-bond donors (Lipinski definition) is 1. The largest absolute Gasteiger partial charge is 0.508 e. The maximum absolute atomic E-state index is 16.6. The van der Waals surface area contributed by atoms with Gasteiger partial charge in [0.1, 0.15) is 35.2 Å². The minimum Gasteiger partial charge on any atom is -0.508 e. The summed E-state index contributed by atoms with van der Waals surface area (Å²) in [5.74, 6) is 1.26. The van der Waals surface area contributed by atoms with Gasteiger partial charge < -0.3 is 19.5 Å². The van der Waals surface area contributed by atoms with Crippen LogP contribution in [0.2, 0.25) is 0 Å². The number of alkyl halides is 1. The number of phenols is 1. The quantitative estimate of drug-likeness (QED) is 0.226. The van der Waals surface area contributed by atoms with Crippen LogP contribution < -0.4 is 9.64 Å². The lowest BCUT2D eigenvalue weighted by Crippen LogP contribution is -2.43. The first-order valence-electron chi connectivity index (χ1n) is 14.3. The number of methoxy groups -OCH3 is 1. The zero-order chi connectivity index (χ0) is 30.0. The number of phenolic OH excluding ortho intramolecular Hbond substituents is 1. The van der Waals surface area contributed by atoms with Gasteiger partial charge >= 0.3 is 6.01 Å². The van der Waals surface area contributed by atoms with Crippen molar-refractivity contribution in [3.63, 3.8) is 0 Å². The van der Waals surface area contributed by atoms with Crippen LogP contribution in [-0.2, 0) is 4.74 Å². The average Bonchev–Trinajstić information content (AvgIpc) is 3.60. The molecule has 222 valence electrons. The Hall–Kier alpha value is -3.78. The Morgan fingerprint density at radius 3 is 2.88 bits per heavy atom. The topological polar surface area (TPSA) is 83.8 Å². The highest BCUT2D eigenvalue weighted by molar-refractivity contribution is 6.21. The van der Waals surface area contributed by atoms with E-state index in [4.69, 9.17) is 32.5 Å². The molecule has 0 radical (unpaired) electrons. The van der Waals surface area contributed by atoms with E-state index < -0.39 is 11.6 Å². The molecular weight excluding hydrogens is 576 g/mol. The third-order valence-electron chi connectivity index (χ3n) is 9.16. The molecule has 1 N–H and O–H groups in total. The van der Waals surface area contributed by atoms with E-state index in [0.29, 0.717) is 23.2 Å². The Labute approximate surface area is 252 Å². The first-order valence-corrected chi connectivity index (χ1v) is 14.7. The standard InChI is InChI=1S/C32H30ClF2N5O3/c1-4-20-23(34)7-6-17-10-19(41)11-21(26(17)20)28-27(35)29-22(30(37-28)39(2)24-12-25(24)42-3)14-36-31(38-29)43-16-32-8-5-9-40(32)15-18(33)13-32/h1,6-7,10-11,14,18,24-25,41H,5,8-9,12-13,15-16H2,2-3H3/t18-,24-,25-,32+/m1/s1. The molecule has 2 aromatic carbocycles. The number of rotatable bonds is 7. The summed E-state index contributed by atoms with van der Waals surface area (Å²) in [6.45, 7) is 2.12. The number of anilines is 1. The van der Waals surface area contributed by atoms with Gasteiger partial charge in [0.05, 0.1) is 28.6 Å². The maximum atomic E-state index is 16.6. The molecule has 1 aliphatic carbocycles. The van der Waals surface area contributed by atoms with Crippen molar-refractivity contribution in [3.8, 4) is 35.4 Å². The van der Waals surface area contributed by atoms with E-state index in [-0.39, 0.29) is 62.5 Å². The van der Waals surface area contributed by atoms with Crippen molar-refractivity contribution in [3.05, 3.63) is 47.7 Å². The van der Waals surface area contributed by atoms with Crippen molar-refractivity contribution < 1.29 is 23.4 Å². The molecule has 2 saturated heterocycles. The summed E-state index contributed by atoms with van der Waals surface area (Å²) in [4.78, 5) is 18.0. The molecule has 4 heterocycles. The van der Waals surface area contributed by atoms with Gasteiger partial charge in [-0.1, -0.05) is 12.0 Å². The highest BCUT2D eigenvalue weighted by atomic mass is 35.5. The molecule has 3 fully saturated rings. The van der Waals surface area contributed by atoms with Gasteiger partial charge in [-0.3, -0.25) is 4.90 Å². The van der Waals surface area contributed by atoms with Crippen LogP contribution in [0.3, 0.4) is 0 Å². The number of fused-ring (bicyclic) bond motifs is 3. The average molecular weight is 606 g/mol. The summed E-state index contributed by atoms with van der Waals surface area (Å²) >= 11 is 6.49. The van der Waals surface area contributed by atoms with Gasteiger partial charge in [-0.25, -0.2) is 18.7 Å². The maximum Gasteiger partial charge on any atom is 0.317 e. The lowest BCUT2D eigenvalue weighted by Gasteiger charge is -2.31. The number of ether oxygens (including phenoxy) is 2. The van der Waals surface area contributed by atoms with Crippen molar-refractivity contribution >= 4 is 39.1 Å². The second-order valence-electron chi connectivity index (χ2n) is 11.7. The zero-order valence-electron chi connectivity index (χ0n) is 23.8. The molecule has 8 nitrogen and oxygen atoms in total. The molecule has 4 aromatic rings. The Kier molecular flexibility index (Phi) is 6.80. The van der Waals surface area contributed by atoms with Crippen LogP contribution in [-0.4, -0.2) is 81.9 Å². The zero-order valence-corrected chi connectivity index (χ0v) is 24.5. The fraction of sp³-hybridized carbons (Fsp3) is 0.406. The van der Waals surface area contributed by atoms with E-state index in [1.807, 2.05) is 11.9 Å². The van der Waals surface area contributed by atoms with Crippen molar-refractivity contribution in [1.82, 2.24) is 19.9 Å². The Balaban J connectivity index is 1.39. The highest BCUT2D eigenvalue weighted by Gasteiger charge is 2.48. The number of aromatic hydroxyl groups is 1. The van der Waals surface area contributed by atoms with Gasteiger partial charge in [-0.2, -0.15) is 4.98 Å². The van der Waals surface area contributed by atoms with Crippen molar-refractivity contribution in [2.75, 3.05) is 38.8 Å². The van der Waals surface area contributed by atoms with Crippen molar-refractivity contribution in [2.24, 2.45) is 0 Å². The second-order valence-corrected chi connectivity index (χ2v) is 12.3. The van der Waals surface area contributed by atoms with Gasteiger partial charge in [0, 0.05) is 43.2 Å². The Morgan fingerprint density at radius 1 is 1.28 bits per heavy atom. The number of pyridine rings is 1. The number of nitrogens with zero attached hydrogens (tertiary/aromatic N) is 5. The van der Waals surface area contributed by atoms with E-state index >= 15 is 4.39 Å². The van der Waals surface area contributed by atoms with E-state index in [2.05, 4.69) is 20.8 Å². The van der Waals surface area contributed by atoms with Gasteiger partial charge in [0.2, 0.25) is 0 Å². The molecule has 4 atom stereocenters. The molecule has 0 unspecified atom stereocenters. The summed E-state index contributed by atoms with van der Waals surface area (Å²) in [5, 5.41) is 11.7. The number of benzene rings is 2. The fourth-order valence-electron chi connectivity index (χ4n) is 6.92. The fourth-order valence-corrected chi connectivity index (χ4v) is 7.37. The molecule has 0 spiro atoms. The van der Waals surface area contributed by atoms with Crippen LogP contribution >= 0.6 is 11.6 Å². The normalized spacial score (nSPS) is 24.8. The van der Waals surface area contributed by atoms with E-state index in [1.54, 1.807) is 7.11 Å². The van der Waals surface area contributed by atoms with E-state index in [0.717, 1.165) is 38.8 Å². The van der Waals surface area contributed by atoms with Gasteiger partial charge in [-0.15, -0.1) is 18.0 Å². The van der Waals surface area contributed by atoms with Crippen molar-refractivity contribution in [2.45, 2.75) is 48.7 Å². The number of terminal acetylenes is 1. The molecule has 7 rings (SSSR count). The number of hydrogen-bond acceptors (Lipinski definition) is 8. The summed E-state index contributed by atoms with van der Waals surface area (Å²) in [5.41, 5.74) is -0.222. The lowest BCUT2D eigenvalue weighted by molar-refractivity contribution is 0.108. The molecule has 1 saturated carbocycles. The third-order valence-corrected chi connectivity index (χ3v) is 9.45. The second kappa shape index (κ2) is 10.4. The van der Waals surface area contributed by atoms with Gasteiger partial charge in [0.15, 0.2) is 5.82 Å². The summed E-state index contributed by atoms with van der Waals surface area (Å²) in [6, 6.07) is 5.55. The number of aromatic nitrogens is 3. The predicted octanol–water partition coefficient (Wildman–Crippen LogP) is 5.26. The molecule has 11 heteroatoms. The minimum atomic E-state index is -0.764. The summed E-state index contributed by atoms with van der Waals surface area (Å²) < 4.78 is 43.1. The Morgan fingerprint density at radius 2 is 2.12 bits per heavy atom. The first kappa shape index (κ1) is 28.0. The van der Waals surface area contributed by atoms with E-state index in [1.165, 1.54) is 30.5 Å². The molecule has 3 aliphatic rings. The summed E-state index contributed by atoms with van der Waals surface area (Å²) in [7, 11) is 3.49. The molecule has 2 aliphatic heterocycles. The molecule has 0 bridgehead atoms. The molecular formula is C32H30ClF2N5O3. The Bertz CT molecular complexity index is 1820. The SMILES string of the molecule is C#Cc1c(F)ccc2cc(O)cc(-c3nc(N(C)[C@@H]4C[C@H]4OC)c4cnc(OC[C@@]56CCCN5C[C@H](Cl)C6)nc4c3F)c12. The van der Waals surface area contributed by atoms with Crippen LogP contribution in [0.4, 0.5) is 14.6 Å². The van der Waals surface area contributed by atoms with Gasteiger partial charge in [-0.05, 0) is 55.8 Å². The minimum absolute atomic E-state index is 0.00611. The predicted molar refractivity (Wildman–Crippen MR) is 161 cm³/mol. The number of halogens is 3. The van der Waals surface area contributed by atoms with Crippen molar-refractivity contribution in [1.29, 1.82) is 0 Å². The number of likely N-dealkylation sites (N-methyl/N-ethyl adjacent to an activating group) is 1. The molecule has 0 amide bonds. The molecule has 2 aromatic heterocycles. The van der Waals surface area contributed by atoms with Gasteiger partial charge in [0.25, 0.3) is 0 Å². The van der Waals surface area contributed by atoms with E-state index in [9.17, 15) is 9.50 Å². The van der Waals surface area contributed by atoms with Crippen LogP contribution in [0.1, 0.15) is 31.2 Å². The smallest absolute Gasteiger partial charge is 0.317 e. The van der Waals surface area contributed by atoms with Crippen LogP contribution in [0.25, 0.3) is 32.9 Å². The highest BCUT2D eigenvalue weighted by Crippen LogP contribution is 2.43. The summed E-state index contributed by atoms with van der Waals surface area (Å²) in [6.07, 6.45) is 10.8. The first-order chi connectivity index (χ1) is 20.7. The van der Waals surface area contributed by atoms with Crippen LogP contribution in [0, 0.1) is 24.0 Å². The monoisotopic (exact) mass is 605 g/mol. The lowest BCUT2D eigenvalue weighted by atomic mass is 9.95. The van der Waals surface area contributed by atoms with Crippen LogP contribution in [0.5, 0.6) is 11.8 Å². The third kappa shape index (κ3) is 4.62. The van der Waals surface area contributed by atoms with Crippen LogP contribution in [0.15, 0.2) is 30.5 Å².